The van der Waals surface area contributed by atoms with Crippen LogP contribution in [0.1, 0.15) is 38.5 Å². The van der Waals surface area contributed by atoms with Crippen LogP contribution in [0.3, 0.4) is 0 Å². The fourth-order valence-electron chi connectivity index (χ4n) is 2.55. The van der Waals surface area contributed by atoms with Gasteiger partial charge in [-0.3, -0.25) is 4.99 Å². The fraction of sp³-hybridized carbons (Fsp3) is 0.846. The van der Waals surface area contributed by atoms with Crippen LogP contribution in [0.15, 0.2) is 4.99 Å². The summed E-state index contributed by atoms with van der Waals surface area (Å²) in [5.41, 5.74) is 15.2. The number of aliphatic hydroxyl groups excluding tert-OH is 5. The van der Waals surface area contributed by atoms with Crippen molar-refractivity contribution in [2.45, 2.75) is 44.6 Å². The molecule has 382 valence electrons. The lowest BCUT2D eigenvalue weighted by atomic mass is 10.2. The third-order valence-corrected chi connectivity index (χ3v) is 6.19. The first kappa shape index (κ1) is 76.5. The average molecular weight is 926 g/mol. The Morgan fingerprint density at radius 1 is 0.444 bits per heavy atom. The molecule has 0 radical (unpaired) electrons. The zero-order chi connectivity index (χ0) is 52.3. The van der Waals surface area contributed by atoms with Crippen LogP contribution >= 0.6 is 0 Å². The predicted molar refractivity (Wildman–Crippen MR) is 231 cm³/mol. The van der Waals surface area contributed by atoms with Gasteiger partial charge in [0, 0.05) is 36.5 Å². The molecule has 24 heteroatoms. The Hall–Kier alpha value is -3.82. The lowest BCUT2D eigenvalue weighted by molar-refractivity contribution is -0.870. The normalized spacial score (nSPS) is 11.1. The largest absolute Gasteiger partial charge is 0.550 e. The van der Waals surface area contributed by atoms with Crippen molar-refractivity contribution in [1.82, 2.24) is 0 Å². The number of quaternary nitrogens is 5. The molecule has 1 atom stereocenters. The Balaban J connectivity index is -0.0000000922. The second-order valence-corrected chi connectivity index (χ2v) is 18.6. The van der Waals surface area contributed by atoms with Gasteiger partial charge in [0.25, 0.3) is 0 Å². The molecule has 0 aliphatic heterocycles. The van der Waals surface area contributed by atoms with Crippen molar-refractivity contribution in [3.05, 3.63) is 0 Å². The number of aliphatic carboxylic acids is 5. The molecular weight excluding hydrogens is 834 g/mol. The van der Waals surface area contributed by atoms with E-state index in [0.717, 1.165) is 55.1 Å². The van der Waals surface area contributed by atoms with Crippen molar-refractivity contribution >= 4 is 35.8 Å². The van der Waals surface area contributed by atoms with Gasteiger partial charge in [0.2, 0.25) is 0 Å². The number of carbonyl (C=O) groups is 5. The molecule has 24 nitrogen and oxygen atoms in total. The molecule has 0 aromatic heterocycles. The van der Waals surface area contributed by atoms with Gasteiger partial charge < -0.3 is 115 Å². The van der Waals surface area contributed by atoms with Crippen molar-refractivity contribution < 1.29 is 97.5 Å². The summed E-state index contributed by atoms with van der Waals surface area (Å²) < 4.78 is 4.22. The summed E-state index contributed by atoms with van der Waals surface area (Å²) in [4.78, 5) is 51.8. The van der Waals surface area contributed by atoms with E-state index in [9.17, 15) is 49.5 Å². The highest BCUT2D eigenvalue weighted by molar-refractivity contribution is 5.75. The Morgan fingerprint density at radius 3 is 0.730 bits per heavy atom. The highest BCUT2D eigenvalue weighted by Gasteiger charge is 2.05. The Bertz CT molecular complexity index is 994. The number of hydrogen-bond donors (Lipinski definition) is 8. The van der Waals surface area contributed by atoms with Crippen LogP contribution in [0.5, 0.6) is 0 Å². The second-order valence-electron chi connectivity index (χ2n) is 18.6. The van der Waals surface area contributed by atoms with Crippen LogP contribution in [-0.4, -0.2) is 268 Å². The molecule has 0 aliphatic carbocycles. The smallest absolute Gasteiger partial charge is 0.185 e. The van der Waals surface area contributed by atoms with Gasteiger partial charge in [0.1, 0.15) is 32.7 Å². The van der Waals surface area contributed by atoms with Crippen molar-refractivity contribution in [2.75, 3.05) is 178 Å². The minimum atomic E-state index is -1.37. The summed E-state index contributed by atoms with van der Waals surface area (Å²) in [5.74, 6) is -6.72. The first-order chi connectivity index (χ1) is 28.1. The molecule has 63 heavy (non-hydrogen) atoms. The standard InChI is InChI=1S/C6H14N4O2.5C5H14NO.2C4H6O4/c7-4(5(11)12)2-1-3-10-6(8)9;5*1-6(2,3)4-5-7;2*5-3(6)1-2-4(7)8/h4H,1-3,7H2,(H,11,12)(H4,8,9,10);5*7H,4-5H2,1-3H3;2*1-2H2,(H,5,6)(H,7,8)/q;5*+1;;/p-5/t4-;;;;;;;/m0......./s1. The fourth-order valence-corrected chi connectivity index (χ4v) is 2.55. The number of nitrogens with two attached hydrogens (primary N) is 3. The van der Waals surface area contributed by atoms with Crippen LogP contribution < -0.4 is 42.7 Å². The first-order valence-corrected chi connectivity index (χ1v) is 20.0. The summed E-state index contributed by atoms with van der Waals surface area (Å²) in [7, 11) is 30.8. The highest BCUT2D eigenvalue weighted by atomic mass is 16.4. The van der Waals surface area contributed by atoms with E-state index < -0.39 is 61.6 Å². The molecule has 11 N–H and O–H groups in total. The van der Waals surface area contributed by atoms with Crippen molar-refractivity contribution in [3.8, 4) is 0 Å². The van der Waals surface area contributed by atoms with E-state index in [1.807, 2.05) is 0 Å². The quantitative estimate of drug-likeness (QED) is 0.0229. The molecule has 0 amide bonds. The number of nitrogens with zero attached hydrogens (tertiary/aromatic N) is 6. The monoisotopic (exact) mass is 926 g/mol. The van der Waals surface area contributed by atoms with Gasteiger partial charge in [-0.25, -0.2) is 0 Å². The summed E-state index contributed by atoms with van der Waals surface area (Å²) in [6, 6.07) is -0.931. The van der Waals surface area contributed by atoms with Gasteiger partial charge >= 0.3 is 0 Å². The summed E-state index contributed by atoms with van der Waals surface area (Å²) in [6.07, 6.45) is -1.03. The van der Waals surface area contributed by atoms with Crippen LogP contribution in [0.4, 0.5) is 0 Å². The predicted octanol–water partition coefficient (Wildman–Crippen LogP) is -9.93. The Morgan fingerprint density at radius 2 is 0.635 bits per heavy atom. The zero-order valence-electron chi connectivity index (χ0n) is 41.3. The third-order valence-electron chi connectivity index (χ3n) is 6.19. The van der Waals surface area contributed by atoms with E-state index in [1.54, 1.807) is 0 Å². The summed E-state index contributed by atoms with van der Waals surface area (Å²) >= 11 is 0. The average Bonchev–Trinajstić information content (AvgIpc) is 3.04. The highest BCUT2D eigenvalue weighted by Crippen LogP contribution is 1.93. The Labute approximate surface area is 377 Å². The number of aliphatic hydroxyl groups is 5. The van der Waals surface area contributed by atoms with E-state index in [4.69, 9.17) is 42.7 Å². The minimum Gasteiger partial charge on any atom is -0.550 e. The topological polar surface area (TPSA) is 392 Å². The van der Waals surface area contributed by atoms with Crippen LogP contribution in [0, 0.1) is 0 Å². The molecule has 0 fully saturated rings. The number of carbonyl (C=O) groups excluding carboxylic acids is 5. The molecule has 0 spiro atoms. The van der Waals surface area contributed by atoms with Gasteiger partial charge in [-0.2, -0.15) is 0 Å². The lowest BCUT2D eigenvalue weighted by Gasteiger charge is -2.21. The molecule has 0 saturated carbocycles. The van der Waals surface area contributed by atoms with Gasteiger partial charge in [-0.15, -0.1) is 0 Å². The molecule has 0 heterocycles. The maximum Gasteiger partial charge on any atom is 0.185 e. The first-order valence-electron chi connectivity index (χ1n) is 20.0. The molecule has 0 aromatic rings. The van der Waals surface area contributed by atoms with E-state index in [2.05, 4.69) is 111 Å². The van der Waals surface area contributed by atoms with E-state index in [-0.39, 0.29) is 39.0 Å². The van der Waals surface area contributed by atoms with E-state index >= 15 is 0 Å². The lowest BCUT2D eigenvalue weighted by Crippen LogP contribution is -2.41. The maximum absolute atomic E-state index is 10.1. The number of carboxylic acid groups (broad SMARTS) is 5. The van der Waals surface area contributed by atoms with Gasteiger partial charge in [-0.05, 0) is 38.5 Å². The van der Waals surface area contributed by atoms with Crippen molar-refractivity contribution in [2.24, 2.45) is 22.2 Å². The van der Waals surface area contributed by atoms with Crippen LogP contribution in [0.2, 0.25) is 0 Å². The van der Waals surface area contributed by atoms with E-state index in [1.165, 1.54) is 0 Å². The van der Waals surface area contributed by atoms with E-state index in [0.29, 0.717) is 19.4 Å². The van der Waals surface area contributed by atoms with Gasteiger partial charge in [0.15, 0.2) is 5.96 Å². The van der Waals surface area contributed by atoms with Crippen molar-refractivity contribution in [1.29, 1.82) is 0 Å². The number of aliphatic imine (C=N–C) groups is 1. The van der Waals surface area contributed by atoms with Gasteiger partial charge in [-0.1, -0.05) is 0 Å². The zero-order valence-corrected chi connectivity index (χ0v) is 41.3. The van der Waals surface area contributed by atoms with Crippen molar-refractivity contribution in [3.63, 3.8) is 0 Å². The molecular formula is C39H91N9O15. The second kappa shape index (κ2) is 44.8. The number of carboxylic acids is 5. The SMILES string of the molecule is C[N+](C)(C)CCO.C[N+](C)(C)CCO.C[N+](C)(C)CCO.C[N+](C)(C)CCO.C[N+](C)(C)CCO.NC(N)=NCCC[C@H](N)C(=O)[O-].O=C([O-])CCC(=O)[O-].O=C([O-])CCC(=O)[O-]. The maximum atomic E-state index is 10.1. The number of rotatable bonds is 21. The molecule has 0 aliphatic rings. The van der Waals surface area contributed by atoms with Gasteiger partial charge in [0.05, 0.1) is 145 Å². The number of hydrogen-bond acceptors (Lipinski definition) is 17. The Kier molecular flexibility index (Phi) is 54.4. The third kappa shape index (κ3) is 133. The summed E-state index contributed by atoms with van der Waals surface area (Å²) in [6.45, 7) is 5.97. The molecule has 0 rings (SSSR count). The van der Waals surface area contributed by atoms with Crippen LogP contribution in [0.25, 0.3) is 0 Å². The molecule has 0 saturated heterocycles. The molecule has 0 aromatic carbocycles. The number of guanidine groups is 1. The van der Waals surface area contributed by atoms with Crippen LogP contribution in [-0.2, 0) is 24.0 Å². The minimum absolute atomic E-state index is 0.00276. The molecule has 0 bridgehead atoms. The summed E-state index contributed by atoms with van der Waals surface area (Å²) in [5, 5.41) is 90.0. The molecule has 0 unspecified atom stereocenters. The number of likely N-dealkylation sites (N-methyl/N-ethyl adjacent to an activating group) is 5.